The van der Waals surface area contributed by atoms with E-state index in [2.05, 4.69) is 12.2 Å². The Labute approximate surface area is 165 Å². The van der Waals surface area contributed by atoms with Crippen molar-refractivity contribution in [3.05, 3.63) is 23.8 Å². The van der Waals surface area contributed by atoms with Crippen LogP contribution in [0.1, 0.15) is 55.8 Å². The van der Waals surface area contributed by atoms with Gasteiger partial charge in [-0.15, -0.1) is 0 Å². The second-order valence-electron chi connectivity index (χ2n) is 9.00. The van der Waals surface area contributed by atoms with Crippen LogP contribution in [0.4, 0.5) is 0 Å². The Bertz CT molecular complexity index is 739. The molecule has 4 saturated carbocycles. The maximum Gasteiger partial charge on any atom is 0.342 e. The molecule has 4 fully saturated rings. The third kappa shape index (κ3) is 3.45. The Morgan fingerprint density at radius 2 is 1.79 bits per heavy atom. The number of nitrogens with one attached hydrogen (secondary N) is 1. The molecule has 28 heavy (non-hydrogen) atoms. The van der Waals surface area contributed by atoms with E-state index in [9.17, 15) is 14.7 Å². The van der Waals surface area contributed by atoms with Crippen LogP contribution < -0.4 is 10.1 Å². The molecule has 152 valence electrons. The third-order valence-corrected chi connectivity index (χ3v) is 7.15. The molecule has 6 nitrogen and oxygen atoms in total. The summed E-state index contributed by atoms with van der Waals surface area (Å²) in [7, 11) is 1.41. The first-order valence-corrected chi connectivity index (χ1v) is 10.2. The number of rotatable bonds is 6. The van der Waals surface area contributed by atoms with Crippen LogP contribution in [0.5, 0.6) is 11.5 Å². The van der Waals surface area contributed by atoms with Gasteiger partial charge >= 0.3 is 5.97 Å². The van der Waals surface area contributed by atoms with E-state index in [0.29, 0.717) is 0 Å². The molecular formula is C22H29NO5. The number of benzene rings is 1. The monoisotopic (exact) mass is 387 g/mol. The number of carbonyl (C=O) groups is 2. The van der Waals surface area contributed by atoms with Gasteiger partial charge in [0.2, 0.25) is 0 Å². The Morgan fingerprint density at radius 1 is 1.18 bits per heavy atom. The normalized spacial score (nSPS) is 31.3. The van der Waals surface area contributed by atoms with Gasteiger partial charge in [-0.05, 0) is 80.8 Å². The fourth-order valence-corrected chi connectivity index (χ4v) is 6.20. The van der Waals surface area contributed by atoms with E-state index in [4.69, 9.17) is 9.47 Å². The van der Waals surface area contributed by atoms with Crippen molar-refractivity contribution in [3.63, 3.8) is 0 Å². The van der Waals surface area contributed by atoms with Crippen LogP contribution in [-0.4, -0.2) is 36.7 Å². The lowest BCUT2D eigenvalue weighted by molar-refractivity contribution is -0.128. The number of para-hydroxylation sites is 1. The largest absolute Gasteiger partial charge is 0.504 e. The second-order valence-corrected chi connectivity index (χ2v) is 9.00. The van der Waals surface area contributed by atoms with Crippen LogP contribution in [0.15, 0.2) is 18.2 Å². The van der Waals surface area contributed by atoms with E-state index in [1.807, 2.05) is 0 Å². The lowest BCUT2D eigenvalue weighted by Crippen LogP contribution is -2.56. The molecule has 0 aromatic heterocycles. The summed E-state index contributed by atoms with van der Waals surface area (Å²) in [5.41, 5.74) is 0.195. The molecule has 4 bridgehead atoms. The van der Waals surface area contributed by atoms with Crippen molar-refractivity contribution in [2.24, 2.45) is 23.2 Å². The Balaban J connectivity index is 1.33. The molecule has 0 saturated heterocycles. The van der Waals surface area contributed by atoms with E-state index in [1.54, 1.807) is 12.1 Å². The minimum absolute atomic E-state index is 0.0127. The number of ether oxygens (including phenoxy) is 2. The lowest BCUT2D eigenvalue weighted by atomic mass is 9.48. The number of methoxy groups -OCH3 is 1. The number of aromatic hydroxyl groups is 1. The summed E-state index contributed by atoms with van der Waals surface area (Å²) in [5.74, 6) is 1.33. The maximum atomic E-state index is 12.4. The SMILES string of the molecule is COc1cccc(C(=O)OCC(=O)NC(C)C23CC4CC(CC(C4)C2)C3)c1O. The summed E-state index contributed by atoms with van der Waals surface area (Å²) in [6.45, 7) is 1.74. The molecule has 1 atom stereocenters. The third-order valence-electron chi connectivity index (χ3n) is 7.15. The van der Waals surface area contributed by atoms with Gasteiger partial charge in [-0.3, -0.25) is 4.79 Å². The van der Waals surface area contributed by atoms with Crippen LogP contribution in [0.3, 0.4) is 0 Å². The van der Waals surface area contributed by atoms with Gasteiger partial charge in [0, 0.05) is 6.04 Å². The highest BCUT2D eigenvalue weighted by Crippen LogP contribution is 2.61. The second kappa shape index (κ2) is 7.30. The van der Waals surface area contributed by atoms with Gasteiger partial charge in [-0.1, -0.05) is 6.07 Å². The summed E-state index contributed by atoms with van der Waals surface area (Å²) in [4.78, 5) is 24.6. The van der Waals surface area contributed by atoms with Crippen LogP contribution in [-0.2, 0) is 9.53 Å². The molecular weight excluding hydrogens is 358 g/mol. The number of esters is 1. The molecule has 0 radical (unpaired) electrons. The van der Waals surface area contributed by atoms with Crippen molar-refractivity contribution >= 4 is 11.9 Å². The number of hydrogen-bond acceptors (Lipinski definition) is 5. The van der Waals surface area contributed by atoms with Gasteiger partial charge < -0.3 is 19.9 Å². The topological polar surface area (TPSA) is 84.9 Å². The van der Waals surface area contributed by atoms with Crippen LogP contribution in [0, 0.1) is 23.2 Å². The fourth-order valence-electron chi connectivity index (χ4n) is 6.20. The average molecular weight is 387 g/mol. The minimum Gasteiger partial charge on any atom is -0.504 e. The molecule has 4 aliphatic rings. The van der Waals surface area contributed by atoms with Crippen molar-refractivity contribution in [2.45, 2.75) is 51.5 Å². The summed E-state index contributed by atoms with van der Waals surface area (Å²) in [6.07, 6.45) is 7.71. The van der Waals surface area contributed by atoms with E-state index in [0.717, 1.165) is 17.8 Å². The first-order valence-electron chi connectivity index (χ1n) is 10.2. The highest BCUT2D eigenvalue weighted by molar-refractivity contribution is 5.94. The fraction of sp³-hybridized carbons (Fsp3) is 0.636. The standard InChI is InChI=1S/C22H29NO5/c1-13(22-9-14-6-15(10-22)8-16(7-14)11-22)23-19(24)12-28-21(26)17-4-3-5-18(27-2)20(17)25/h3-5,13-16,25H,6-12H2,1-2H3,(H,23,24). The van der Waals surface area contributed by atoms with Gasteiger partial charge in [-0.2, -0.15) is 0 Å². The summed E-state index contributed by atoms with van der Waals surface area (Å²) >= 11 is 0. The number of phenols is 1. The van der Waals surface area contributed by atoms with Crippen LogP contribution >= 0.6 is 0 Å². The van der Waals surface area contributed by atoms with E-state index < -0.39 is 5.97 Å². The Kier molecular flexibility index (Phi) is 4.98. The molecule has 1 aromatic carbocycles. The van der Waals surface area contributed by atoms with Crippen molar-refractivity contribution in [2.75, 3.05) is 13.7 Å². The quantitative estimate of drug-likeness (QED) is 0.732. The maximum absolute atomic E-state index is 12.4. The Morgan fingerprint density at radius 3 is 2.36 bits per heavy atom. The van der Waals surface area contributed by atoms with Crippen molar-refractivity contribution in [1.82, 2.24) is 5.32 Å². The van der Waals surface area contributed by atoms with Gasteiger partial charge in [0.25, 0.3) is 5.91 Å². The highest BCUT2D eigenvalue weighted by atomic mass is 16.5. The van der Waals surface area contributed by atoms with E-state index in [1.165, 1.54) is 51.7 Å². The molecule has 2 N–H and O–H groups in total. The number of phenolic OH excluding ortho intramolecular Hbond substituents is 1. The van der Waals surface area contributed by atoms with E-state index >= 15 is 0 Å². The van der Waals surface area contributed by atoms with Crippen LogP contribution in [0.25, 0.3) is 0 Å². The molecule has 0 aliphatic heterocycles. The van der Waals surface area contributed by atoms with Crippen LogP contribution in [0.2, 0.25) is 0 Å². The van der Waals surface area contributed by atoms with Crippen molar-refractivity contribution in [3.8, 4) is 11.5 Å². The molecule has 1 aromatic rings. The molecule has 1 unspecified atom stereocenters. The smallest absolute Gasteiger partial charge is 0.342 e. The number of hydrogen-bond donors (Lipinski definition) is 2. The first-order chi connectivity index (χ1) is 13.4. The van der Waals surface area contributed by atoms with Gasteiger partial charge in [0.1, 0.15) is 5.56 Å². The molecule has 0 spiro atoms. The first kappa shape index (κ1) is 19.1. The Hall–Kier alpha value is -2.24. The van der Waals surface area contributed by atoms with Gasteiger partial charge in [0.15, 0.2) is 18.1 Å². The average Bonchev–Trinajstić information content (AvgIpc) is 2.65. The summed E-state index contributed by atoms with van der Waals surface area (Å²) in [5, 5.41) is 13.1. The lowest BCUT2D eigenvalue weighted by Gasteiger charge is -2.59. The predicted octanol–water partition coefficient (Wildman–Crippen LogP) is 3.28. The zero-order valence-corrected chi connectivity index (χ0v) is 16.6. The van der Waals surface area contributed by atoms with Crippen molar-refractivity contribution < 1.29 is 24.2 Å². The molecule has 0 heterocycles. The minimum atomic E-state index is -0.742. The highest BCUT2D eigenvalue weighted by Gasteiger charge is 2.53. The molecule has 5 rings (SSSR count). The molecule has 1 amide bonds. The summed E-state index contributed by atoms with van der Waals surface area (Å²) in [6, 6.07) is 4.66. The summed E-state index contributed by atoms with van der Waals surface area (Å²) < 4.78 is 10.1. The molecule has 6 heteroatoms. The number of carbonyl (C=O) groups excluding carboxylic acids is 2. The van der Waals surface area contributed by atoms with E-state index in [-0.39, 0.29) is 41.0 Å². The number of amides is 1. The zero-order valence-electron chi connectivity index (χ0n) is 16.6. The van der Waals surface area contributed by atoms with Gasteiger partial charge in [-0.25, -0.2) is 4.79 Å². The zero-order chi connectivity index (χ0) is 19.9. The van der Waals surface area contributed by atoms with Gasteiger partial charge in [0.05, 0.1) is 7.11 Å². The van der Waals surface area contributed by atoms with Crippen molar-refractivity contribution in [1.29, 1.82) is 0 Å². The molecule has 4 aliphatic carbocycles. The predicted molar refractivity (Wildman–Crippen MR) is 103 cm³/mol.